The molecule has 0 unspecified atom stereocenters. The average Bonchev–Trinajstić information content (AvgIpc) is 2.98. The summed E-state index contributed by atoms with van der Waals surface area (Å²) in [6.45, 7) is 1.83. The predicted molar refractivity (Wildman–Crippen MR) is 93.3 cm³/mol. The first kappa shape index (κ1) is 15.8. The van der Waals surface area contributed by atoms with Crippen molar-refractivity contribution in [2.24, 2.45) is 0 Å². The van der Waals surface area contributed by atoms with Crippen LogP contribution in [0.4, 0.5) is 11.4 Å². The van der Waals surface area contributed by atoms with Crippen molar-refractivity contribution in [1.29, 1.82) is 0 Å². The first-order valence-electron chi connectivity index (χ1n) is 7.13. The van der Waals surface area contributed by atoms with Gasteiger partial charge in [0.15, 0.2) is 0 Å². The molecule has 2 aromatic carbocycles. The van der Waals surface area contributed by atoms with E-state index in [9.17, 15) is 14.9 Å². The second kappa shape index (κ2) is 6.59. The molecule has 0 atom stereocenters. The summed E-state index contributed by atoms with van der Waals surface area (Å²) in [5.74, 6) is -0.390. The number of nitro benzene ring substituents is 1. The average molecular weight is 339 g/mol. The number of hydrogen-bond donors (Lipinski definition) is 1. The number of nitro groups is 1. The van der Waals surface area contributed by atoms with E-state index < -0.39 is 10.8 Å². The van der Waals surface area contributed by atoms with Gasteiger partial charge in [-0.1, -0.05) is 36.4 Å². The maximum atomic E-state index is 12.6. The van der Waals surface area contributed by atoms with Crippen molar-refractivity contribution < 1.29 is 9.72 Å². The molecule has 0 bridgehead atoms. The molecule has 0 saturated heterocycles. The molecule has 3 rings (SSSR count). The molecule has 24 heavy (non-hydrogen) atoms. The van der Waals surface area contributed by atoms with Crippen LogP contribution < -0.4 is 5.32 Å². The fraction of sp³-hybridized carbons (Fsp3) is 0.0588. The standard InChI is InChI=1S/C17H13N3O3S/c1-11-18-15(16(24-11)12-6-3-2-4-7-12)17(21)19-13-8-5-9-14(10-13)20(22)23/h2-10H,1H3,(H,19,21). The highest BCUT2D eigenvalue weighted by Gasteiger charge is 2.19. The van der Waals surface area contributed by atoms with Gasteiger partial charge >= 0.3 is 0 Å². The second-order valence-electron chi connectivity index (χ2n) is 5.04. The molecule has 1 heterocycles. The van der Waals surface area contributed by atoms with Gasteiger partial charge in [-0.25, -0.2) is 4.98 Å². The van der Waals surface area contributed by atoms with E-state index in [1.54, 1.807) is 6.07 Å². The Morgan fingerprint density at radius 1 is 1.17 bits per heavy atom. The van der Waals surface area contributed by atoms with E-state index >= 15 is 0 Å². The van der Waals surface area contributed by atoms with Crippen LogP contribution in [0.3, 0.4) is 0 Å². The van der Waals surface area contributed by atoms with Gasteiger partial charge in [0.25, 0.3) is 11.6 Å². The number of non-ortho nitro benzene ring substituents is 1. The molecule has 1 amide bonds. The van der Waals surface area contributed by atoms with Crippen LogP contribution in [-0.2, 0) is 0 Å². The SMILES string of the molecule is Cc1nc(C(=O)Nc2cccc([N+](=O)[O-])c2)c(-c2ccccc2)s1. The Morgan fingerprint density at radius 2 is 1.92 bits per heavy atom. The molecule has 1 aromatic heterocycles. The number of thiazole rings is 1. The topological polar surface area (TPSA) is 85.1 Å². The van der Waals surface area contributed by atoms with Crippen molar-refractivity contribution in [3.63, 3.8) is 0 Å². The van der Waals surface area contributed by atoms with Crippen molar-refractivity contribution in [3.8, 4) is 10.4 Å². The first-order chi connectivity index (χ1) is 11.5. The minimum Gasteiger partial charge on any atom is -0.320 e. The van der Waals surface area contributed by atoms with E-state index in [2.05, 4.69) is 10.3 Å². The number of anilines is 1. The van der Waals surface area contributed by atoms with Crippen LogP contribution in [0, 0.1) is 17.0 Å². The second-order valence-corrected chi connectivity index (χ2v) is 6.24. The van der Waals surface area contributed by atoms with Crippen molar-refractivity contribution in [3.05, 3.63) is 75.4 Å². The Hall–Kier alpha value is -3.06. The van der Waals surface area contributed by atoms with Crippen LogP contribution in [0.25, 0.3) is 10.4 Å². The summed E-state index contributed by atoms with van der Waals surface area (Å²) in [4.78, 5) is 28.0. The maximum Gasteiger partial charge on any atom is 0.275 e. The van der Waals surface area contributed by atoms with Crippen LogP contribution in [-0.4, -0.2) is 15.8 Å². The molecule has 120 valence electrons. The molecule has 0 radical (unpaired) electrons. The Morgan fingerprint density at radius 3 is 2.62 bits per heavy atom. The number of aromatic nitrogens is 1. The monoisotopic (exact) mass is 339 g/mol. The van der Waals surface area contributed by atoms with Crippen molar-refractivity contribution in [2.45, 2.75) is 6.92 Å². The first-order valence-corrected chi connectivity index (χ1v) is 7.95. The van der Waals surface area contributed by atoms with Gasteiger partial charge in [0, 0.05) is 17.8 Å². The summed E-state index contributed by atoms with van der Waals surface area (Å²) < 4.78 is 0. The molecule has 0 aliphatic heterocycles. The summed E-state index contributed by atoms with van der Waals surface area (Å²) >= 11 is 1.43. The van der Waals surface area contributed by atoms with E-state index in [-0.39, 0.29) is 5.69 Å². The third kappa shape index (κ3) is 3.31. The Labute approximate surface area is 141 Å². The molecule has 6 nitrogen and oxygen atoms in total. The van der Waals surface area contributed by atoms with E-state index in [0.29, 0.717) is 11.4 Å². The Balaban J connectivity index is 1.91. The zero-order valence-electron chi connectivity index (χ0n) is 12.7. The lowest BCUT2D eigenvalue weighted by atomic mass is 10.1. The van der Waals surface area contributed by atoms with Crippen molar-refractivity contribution >= 4 is 28.6 Å². The molecule has 7 heteroatoms. The van der Waals surface area contributed by atoms with Crippen LogP contribution in [0.2, 0.25) is 0 Å². The fourth-order valence-corrected chi connectivity index (χ4v) is 3.17. The van der Waals surface area contributed by atoms with E-state index in [4.69, 9.17) is 0 Å². The van der Waals surface area contributed by atoms with Gasteiger partial charge in [0.05, 0.1) is 14.8 Å². The van der Waals surface area contributed by atoms with Gasteiger partial charge in [-0.3, -0.25) is 14.9 Å². The number of hydrogen-bond acceptors (Lipinski definition) is 5. The van der Waals surface area contributed by atoms with Gasteiger partial charge < -0.3 is 5.32 Å². The number of amides is 1. The lowest BCUT2D eigenvalue weighted by Crippen LogP contribution is -2.13. The van der Waals surface area contributed by atoms with Crippen LogP contribution >= 0.6 is 11.3 Å². The summed E-state index contributed by atoms with van der Waals surface area (Å²) in [5, 5.41) is 14.3. The zero-order chi connectivity index (χ0) is 17.1. The number of carbonyl (C=O) groups is 1. The number of benzene rings is 2. The smallest absolute Gasteiger partial charge is 0.275 e. The molecular formula is C17H13N3O3S. The normalized spacial score (nSPS) is 10.4. The third-order valence-electron chi connectivity index (χ3n) is 3.30. The van der Waals surface area contributed by atoms with Crippen LogP contribution in [0.5, 0.6) is 0 Å². The molecule has 1 N–H and O–H groups in total. The van der Waals surface area contributed by atoms with E-state index in [1.165, 1.54) is 29.5 Å². The number of rotatable bonds is 4. The zero-order valence-corrected chi connectivity index (χ0v) is 13.5. The highest BCUT2D eigenvalue weighted by atomic mass is 32.1. The number of carbonyl (C=O) groups excluding carboxylic acids is 1. The summed E-state index contributed by atoms with van der Waals surface area (Å²) in [5.41, 5.74) is 1.51. The molecule has 0 spiro atoms. The fourth-order valence-electron chi connectivity index (χ4n) is 2.25. The van der Waals surface area contributed by atoms with Crippen molar-refractivity contribution in [2.75, 3.05) is 5.32 Å². The summed E-state index contributed by atoms with van der Waals surface area (Å²) in [7, 11) is 0. The number of nitrogens with one attached hydrogen (secondary N) is 1. The van der Waals surface area contributed by atoms with Gasteiger partial charge in [0.2, 0.25) is 0 Å². The molecule has 0 aliphatic rings. The summed E-state index contributed by atoms with van der Waals surface area (Å²) in [6.07, 6.45) is 0. The van der Waals surface area contributed by atoms with Crippen molar-refractivity contribution in [1.82, 2.24) is 4.98 Å². The van der Waals surface area contributed by atoms with Crippen LogP contribution in [0.1, 0.15) is 15.5 Å². The van der Waals surface area contributed by atoms with E-state index in [1.807, 2.05) is 37.3 Å². The Kier molecular flexibility index (Phi) is 4.35. The summed E-state index contributed by atoms with van der Waals surface area (Å²) in [6, 6.07) is 15.3. The minimum atomic E-state index is -0.502. The van der Waals surface area contributed by atoms with Crippen LogP contribution in [0.15, 0.2) is 54.6 Å². The number of nitrogens with zero attached hydrogens (tertiary/aromatic N) is 2. The molecule has 0 fully saturated rings. The quantitative estimate of drug-likeness (QED) is 0.568. The maximum absolute atomic E-state index is 12.6. The van der Waals surface area contributed by atoms with Gasteiger partial charge in [-0.15, -0.1) is 11.3 Å². The predicted octanol–water partition coefficient (Wildman–Crippen LogP) is 4.28. The van der Waals surface area contributed by atoms with Gasteiger partial charge in [0.1, 0.15) is 5.69 Å². The highest BCUT2D eigenvalue weighted by Crippen LogP contribution is 2.30. The molecule has 0 aliphatic carbocycles. The third-order valence-corrected chi connectivity index (χ3v) is 4.32. The van der Waals surface area contributed by atoms with E-state index in [0.717, 1.165) is 15.4 Å². The van der Waals surface area contributed by atoms with Gasteiger partial charge in [-0.05, 0) is 18.6 Å². The molecule has 3 aromatic rings. The molecular weight excluding hydrogens is 326 g/mol. The minimum absolute atomic E-state index is 0.0782. The largest absolute Gasteiger partial charge is 0.320 e. The van der Waals surface area contributed by atoms with Gasteiger partial charge in [-0.2, -0.15) is 0 Å². The number of aryl methyl sites for hydroxylation is 1. The lowest BCUT2D eigenvalue weighted by Gasteiger charge is -2.05. The molecule has 0 saturated carbocycles. The Bertz CT molecular complexity index is 906. The highest BCUT2D eigenvalue weighted by molar-refractivity contribution is 7.15. The lowest BCUT2D eigenvalue weighted by molar-refractivity contribution is -0.384.